The fourth-order valence-corrected chi connectivity index (χ4v) is 2.33. The van der Waals surface area contributed by atoms with E-state index in [0.717, 1.165) is 23.3 Å². The maximum absolute atomic E-state index is 11.9. The Kier molecular flexibility index (Phi) is 4.60. The van der Waals surface area contributed by atoms with E-state index in [9.17, 15) is 4.79 Å². The van der Waals surface area contributed by atoms with Gasteiger partial charge in [0.25, 0.3) is 5.89 Å². The van der Waals surface area contributed by atoms with Gasteiger partial charge in [-0.15, -0.1) is 5.10 Å². The van der Waals surface area contributed by atoms with Crippen LogP contribution in [0, 0.1) is 13.8 Å². The van der Waals surface area contributed by atoms with Crippen LogP contribution in [0.1, 0.15) is 17.1 Å². The number of benzene rings is 1. The van der Waals surface area contributed by atoms with Crippen molar-refractivity contribution in [3.63, 3.8) is 0 Å². The molecule has 0 radical (unpaired) electrons. The first-order valence-corrected chi connectivity index (χ1v) is 7.61. The number of furan rings is 1. The molecule has 24 heavy (non-hydrogen) atoms. The van der Waals surface area contributed by atoms with E-state index in [0.29, 0.717) is 18.2 Å². The van der Waals surface area contributed by atoms with Gasteiger partial charge < -0.3 is 14.2 Å². The van der Waals surface area contributed by atoms with Crippen molar-refractivity contribution in [1.29, 1.82) is 0 Å². The first-order chi connectivity index (χ1) is 11.6. The molecule has 0 aliphatic heterocycles. The molecule has 7 nitrogen and oxygen atoms in total. The van der Waals surface area contributed by atoms with Crippen LogP contribution in [-0.4, -0.2) is 22.8 Å². The van der Waals surface area contributed by atoms with Crippen LogP contribution >= 0.6 is 0 Å². The van der Waals surface area contributed by atoms with Gasteiger partial charge in [-0.3, -0.25) is 5.32 Å². The van der Waals surface area contributed by atoms with Gasteiger partial charge in [-0.2, -0.15) is 0 Å². The Hall–Kier alpha value is -3.09. The Morgan fingerprint density at radius 3 is 2.62 bits per heavy atom. The molecule has 0 aliphatic carbocycles. The molecule has 0 bridgehead atoms. The molecule has 0 unspecified atom stereocenters. The molecule has 3 aromatic rings. The summed E-state index contributed by atoms with van der Waals surface area (Å²) in [6.07, 6.45) is 0.747. The van der Waals surface area contributed by atoms with Gasteiger partial charge in [0, 0.05) is 6.54 Å². The van der Waals surface area contributed by atoms with Crippen LogP contribution in [0.5, 0.6) is 0 Å². The third-order valence-corrected chi connectivity index (χ3v) is 3.46. The van der Waals surface area contributed by atoms with Crippen LogP contribution < -0.4 is 10.6 Å². The van der Waals surface area contributed by atoms with Gasteiger partial charge in [-0.05, 0) is 31.9 Å². The van der Waals surface area contributed by atoms with E-state index in [1.54, 1.807) is 0 Å². The van der Waals surface area contributed by atoms with E-state index >= 15 is 0 Å². The van der Waals surface area contributed by atoms with Crippen molar-refractivity contribution in [3.05, 3.63) is 53.5 Å². The number of nitrogens with one attached hydrogen (secondary N) is 2. The second-order valence-electron chi connectivity index (χ2n) is 5.36. The van der Waals surface area contributed by atoms with Crippen LogP contribution in [0.25, 0.3) is 11.5 Å². The van der Waals surface area contributed by atoms with Crippen LogP contribution in [0.3, 0.4) is 0 Å². The van der Waals surface area contributed by atoms with E-state index in [1.807, 2.05) is 50.2 Å². The zero-order chi connectivity index (χ0) is 16.9. The molecule has 2 heterocycles. The van der Waals surface area contributed by atoms with Crippen LogP contribution in [0.4, 0.5) is 10.8 Å². The molecule has 124 valence electrons. The number of amides is 2. The second-order valence-corrected chi connectivity index (χ2v) is 5.36. The maximum atomic E-state index is 11.9. The van der Waals surface area contributed by atoms with Crippen LogP contribution in [0.2, 0.25) is 0 Å². The molecule has 2 N–H and O–H groups in total. The van der Waals surface area contributed by atoms with Crippen molar-refractivity contribution < 1.29 is 13.6 Å². The summed E-state index contributed by atoms with van der Waals surface area (Å²) < 4.78 is 10.9. The van der Waals surface area contributed by atoms with Crippen LogP contribution in [0.15, 0.2) is 45.2 Å². The number of carbonyl (C=O) groups is 1. The molecule has 0 fully saturated rings. The molecule has 0 aliphatic rings. The second kappa shape index (κ2) is 6.99. The average Bonchev–Trinajstić information content (AvgIpc) is 3.14. The number of aromatic nitrogens is 2. The SMILES string of the molecule is Cc1cc(-c2nnc(NC(=O)NCCc3ccccc3)o2)c(C)o1. The van der Waals surface area contributed by atoms with Gasteiger partial charge >= 0.3 is 12.0 Å². The molecule has 7 heteroatoms. The van der Waals surface area contributed by atoms with E-state index in [-0.39, 0.29) is 12.0 Å². The summed E-state index contributed by atoms with van der Waals surface area (Å²) in [4.78, 5) is 11.9. The Labute approximate surface area is 139 Å². The summed E-state index contributed by atoms with van der Waals surface area (Å²) >= 11 is 0. The molecule has 2 amide bonds. The van der Waals surface area contributed by atoms with Crippen molar-refractivity contribution in [2.75, 3.05) is 11.9 Å². The van der Waals surface area contributed by atoms with Crippen molar-refractivity contribution in [3.8, 4) is 11.5 Å². The zero-order valence-corrected chi connectivity index (χ0v) is 13.5. The number of urea groups is 1. The standard InChI is InChI=1S/C17H18N4O3/c1-11-10-14(12(2)23-11)15-20-21-17(24-15)19-16(22)18-9-8-13-6-4-3-5-7-13/h3-7,10H,8-9H2,1-2H3,(H2,18,19,21,22). The van der Waals surface area contributed by atoms with Crippen molar-refractivity contribution in [1.82, 2.24) is 15.5 Å². The Morgan fingerprint density at radius 1 is 1.12 bits per heavy atom. The number of anilines is 1. The molecule has 1 aromatic carbocycles. The number of nitrogens with zero attached hydrogens (tertiary/aromatic N) is 2. The van der Waals surface area contributed by atoms with E-state index < -0.39 is 0 Å². The summed E-state index contributed by atoms with van der Waals surface area (Å²) in [5.41, 5.74) is 1.88. The minimum absolute atomic E-state index is 0.0421. The Balaban J connectivity index is 1.53. The smallest absolute Gasteiger partial charge is 0.324 e. The third kappa shape index (κ3) is 3.81. The lowest BCUT2D eigenvalue weighted by Gasteiger charge is -2.04. The highest BCUT2D eigenvalue weighted by molar-refractivity contribution is 5.86. The first-order valence-electron chi connectivity index (χ1n) is 7.61. The summed E-state index contributed by atoms with van der Waals surface area (Å²) in [6, 6.07) is 11.4. The number of aryl methyl sites for hydroxylation is 2. The molecule has 3 rings (SSSR count). The molecule has 0 saturated carbocycles. The lowest BCUT2D eigenvalue weighted by Crippen LogP contribution is -2.30. The summed E-state index contributed by atoms with van der Waals surface area (Å²) in [5, 5.41) is 13.0. The minimum atomic E-state index is -0.388. The van der Waals surface area contributed by atoms with E-state index in [4.69, 9.17) is 8.83 Å². The van der Waals surface area contributed by atoms with Gasteiger partial charge in [0.1, 0.15) is 11.5 Å². The normalized spacial score (nSPS) is 10.6. The highest BCUT2D eigenvalue weighted by Gasteiger charge is 2.15. The maximum Gasteiger partial charge on any atom is 0.324 e. The van der Waals surface area contributed by atoms with E-state index in [2.05, 4.69) is 20.8 Å². The molecule has 0 spiro atoms. The highest BCUT2D eigenvalue weighted by Crippen LogP contribution is 2.26. The zero-order valence-electron chi connectivity index (χ0n) is 13.5. The number of hydrogen-bond acceptors (Lipinski definition) is 5. The van der Waals surface area contributed by atoms with Gasteiger partial charge in [0.15, 0.2) is 0 Å². The molecule has 0 saturated heterocycles. The first kappa shape index (κ1) is 15.8. The number of rotatable bonds is 5. The fourth-order valence-electron chi connectivity index (χ4n) is 2.33. The molecule has 2 aromatic heterocycles. The number of hydrogen-bond donors (Lipinski definition) is 2. The summed E-state index contributed by atoms with van der Waals surface area (Å²) in [5.74, 6) is 1.76. The quantitative estimate of drug-likeness (QED) is 0.750. The predicted molar refractivity (Wildman–Crippen MR) is 88.6 cm³/mol. The highest BCUT2D eigenvalue weighted by atomic mass is 16.4. The van der Waals surface area contributed by atoms with E-state index in [1.165, 1.54) is 0 Å². The van der Waals surface area contributed by atoms with Crippen molar-refractivity contribution >= 4 is 12.0 Å². The average molecular weight is 326 g/mol. The fraction of sp³-hybridized carbons (Fsp3) is 0.235. The summed E-state index contributed by atoms with van der Waals surface area (Å²) in [7, 11) is 0. The number of carbonyl (C=O) groups excluding carboxylic acids is 1. The molecular weight excluding hydrogens is 308 g/mol. The monoisotopic (exact) mass is 326 g/mol. The van der Waals surface area contributed by atoms with Crippen LogP contribution in [-0.2, 0) is 6.42 Å². The lowest BCUT2D eigenvalue weighted by molar-refractivity contribution is 0.251. The molecular formula is C17H18N4O3. The minimum Gasteiger partial charge on any atom is -0.466 e. The van der Waals surface area contributed by atoms with Crippen molar-refractivity contribution in [2.45, 2.75) is 20.3 Å². The van der Waals surface area contributed by atoms with Gasteiger partial charge in [-0.1, -0.05) is 35.4 Å². The Bertz CT molecular complexity index is 823. The van der Waals surface area contributed by atoms with Crippen molar-refractivity contribution in [2.24, 2.45) is 0 Å². The topological polar surface area (TPSA) is 93.2 Å². The predicted octanol–water partition coefficient (Wildman–Crippen LogP) is 3.31. The Morgan fingerprint density at radius 2 is 1.92 bits per heavy atom. The largest absolute Gasteiger partial charge is 0.466 e. The third-order valence-electron chi connectivity index (χ3n) is 3.46. The summed E-state index contributed by atoms with van der Waals surface area (Å²) in [6.45, 7) is 4.17. The molecule has 0 atom stereocenters. The lowest BCUT2D eigenvalue weighted by atomic mass is 10.1. The van der Waals surface area contributed by atoms with Gasteiger partial charge in [-0.25, -0.2) is 4.79 Å². The van der Waals surface area contributed by atoms with Gasteiger partial charge in [0.2, 0.25) is 0 Å². The van der Waals surface area contributed by atoms with Gasteiger partial charge in [0.05, 0.1) is 5.56 Å².